The molecule has 7 nitrogen and oxygen atoms in total. The second-order valence-corrected chi connectivity index (χ2v) is 7.23. The number of pyridine rings is 1. The number of carbonyl (C=O) groups is 2. The van der Waals surface area contributed by atoms with Gasteiger partial charge in [0.1, 0.15) is 11.1 Å². The molecular weight excluding hydrogens is 394 g/mol. The number of aromatic nitrogens is 1. The van der Waals surface area contributed by atoms with Gasteiger partial charge in [-0.15, -0.1) is 0 Å². The molecule has 0 atom stereocenters. The number of rotatable bonds is 3. The Kier molecular flexibility index (Phi) is 4.55. The first-order valence-corrected chi connectivity index (χ1v) is 9.79. The number of carbonyl (C=O) groups excluding carboxylic acids is 2. The normalized spacial score (nSPS) is 12.6. The molecule has 0 unspecified atom stereocenters. The average molecular weight is 411 g/mol. The van der Waals surface area contributed by atoms with Crippen LogP contribution in [0, 0.1) is 0 Å². The molecular formula is C24H17N3O4. The first kappa shape index (κ1) is 18.7. The predicted octanol–water partition coefficient (Wildman–Crippen LogP) is 3.64. The molecule has 0 saturated heterocycles. The van der Waals surface area contributed by atoms with E-state index in [1.165, 1.54) is 12.3 Å². The lowest BCUT2D eigenvalue weighted by atomic mass is 10.1. The quantitative estimate of drug-likeness (QED) is 0.520. The molecule has 3 heterocycles. The Morgan fingerprint density at radius 2 is 1.90 bits per heavy atom. The van der Waals surface area contributed by atoms with Gasteiger partial charge in [-0.2, -0.15) is 0 Å². The smallest absolute Gasteiger partial charge is 0.349 e. The number of nitrogens with zero attached hydrogens (tertiary/aromatic N) is 2. The zero-order chi connectivity index (χ0) is 21.4. The van der Waals surface area contributed by atoms with Crippen molar-refractivity contribution in [2.75, 3.05) is 16.8 Å². The van der Waals surface area contributed by atoms with E-state index in [9.17, 15) is 14.4 Å². The third kappa shape index (κ3) is 3.46. The fourth-order valence-electron chi connectivity index (χ4n) is 3.73. The first-order chi connectivity index (χ1) is 15.1. The summed E-state index contributed by atoms with van der Waals surface area (Å²) in [5.41, 5.74) is 2.37. The second kappa shape index (κ2) is 7.53. The Morgan fingerprint density at radius 1 is 1.03 bits per heavy atom. The predicted molar refractivity (Wildman–Crippen MR) is 116 cm³/mol. The highest BCUT2D eigenvalue weighted by molar-refractivity contribution is 6.08. The van der Waals surface area contributed by atoms with Gasteiger partial charge in [-0.1, -0.05) is 24.3 Å². The fraction of sp³-hybridized carbons (Fsp3) is 0.0833. The van der Waals surface area contributed by atoms with Crippen molar-refractivity contribution in [3.05, 3.63) is 100 Å². The highest BCUT2D eigenvalue weighted by Gasteiger charge is 2.26. The summed E-state index contributed by atoms with van der Waals surface area (Å²) in [6.07, 6.45) is 3.88. The van der Waals surface area contributed by atoms with Crippen LogP contribution in [0.1, 0.15) is 26.3 Å². The third-order valence-corrected chi connectivity index (χ3v) is 5.28. The number of nitrogens with one attached hydrogen (secondary N) is 1. The van der Waals surface area contributed by atoms with Gasteiger partial charge in [0.15, 0.2) is 0 Å². The third-order valence-electron chi connectivity index (χ3n) is 5.28. The van der Waals surface area contributed by atoms with E-state index in [2.05, 4.69) is 10.3 Å². The number of para-hydroxylation sites is 1. The van der Waals surface area contributed by atoms with Crippen molar-refractivity contribution in [1.29, 1.82) is 0 Å². The Balaban J connectivity index is 1.43. The van der Waals surface area contributed by atoms with Gasteiger partial charge in [0.2, 0.25) is 0 Å². The van der Waals surface area contributed by atoms with Crippen molar-refractivity contribution in [2.24, 2.45) is 0 Å². The summed E-state index contributed by atoms with van der Waals surface area (Å²) >= 11 is 0. The molecule has 31 heavy (non-hydrogen) atoms. The Hall–Kier alpha value is -4.26. The summed E-state index contributed by atoms with van der Waals surface area (Å²) in [4.78, 5) is 43.6. The van der Waals surface area contributed by atoms with Crippen LogP contribution >= 0.6 is 0 Å². The Bertz CT molecular complexity index is 1380. The van der Waals surface area contributed by atoms with Gasteiger partial charge < -0.3 is 14.6 Å². The van der Waals surface area contributed by atoms with Crippen LogP contribution in [0.2, 0.25) is 0 Å². The molecule has 0 spiro atoms. The highest BCUT2D eigenvalue weighted by atomic mass is 16.4. The molecule has 0 aliphatic carbocycles. The largest absolute Gasteiger partial charge is 0.422 e. The van der Waals surface area contributed by atoms with Crippen molar-refractivity contribution < 1.29 is 14.0 Å². The molecule has 5 rings (SSSR count). The Morgan fingerprint density at radius 3 is 2.74 bits per heavy atom. The van der Waals surface area contributed by atoms with Crippen molar-refractivity contribution in [2.45, 2.75) is 6.42 Å². The minimum absolute atomic E-state index is 0.0810. The number of benzene rings is 2. The number of fused-ring (bicyclic) bond motifs is 2. The molecule has 2 aromatic carbocycles. The molecule has 2 amide bonds. The van der Waals surface area contributed by atoms with Crippen LogP contribution in [0.4, 0.5) is 11.4 Å². The van der Waals surface area contributed by atoms with Gasteiger partial charge in [-0.3, -0.25) is 14.6 Å². The van der Waals surface area contributed by atoms with Gasteiger partial charge in [0, 0.05) is 35.7 Å². The van der Waals surface area contributed by atoms with E-state index in [1.54, 1.807) is 59.6 Å². The Labute approximate surface area is 176 Å². The number of amides is 2. The molecule has 1 N–H and O–H groups in total. The maximum atomic E-state index is 12.9. The number of hydrogen-bond donors (Lipinski definition) is 1. The molecule has 4 aromatic rings. The zero-order valence-electron chi connectivity index (χ0n) is 16.4. The van der Waals surface area contributed by atoms with E-state index in [1.807, 2.05) is 6.07 Å². The average Bonchev–Trinajstić information content (AvgIpc) is 3.22. The highest BCUT2D eigenvalue weighted by Crippen LogP contribution is 2.32. The minimum atomic E-state index is -0.703. The monoisotopic (exact) mass is 411 g/mol. The molecule has 7 heteroatoms. The molecule has 2 aromatic heterocycles. The number of anilines is 2. The summed E-state index contributed by atoms with van der Waals surface area (Å²) in [7, 11) is 0. The summed E-state index contributed by atoms with van der Waals surface area (Å²) in [6, 6.07) is 17.3. The SMILES string of the molecule is O=C(Nc1ccc2c(c1)N(C(=O)c1cccnc1)CC2)c1cc2ccccc2oc1=O. The number of hydrogen-bond acceptors (Lipinski definition) is 5. The van der Waals surface area contributed by atoms with Crippen LogP contribution < -0.4 is 15.8 Å². The first-order valence-electron chi connectivity index (χ1n) is 9.79. The summed E-state index contributed by atoms with van der Waals surface area (Å²) in [5.74, 6) is -0.715. The van der Waals surface area contributed by atoms with Crippen LogP contribution in [-0.2, 0) is 6.42 Å². The van der Waals surface area contributed by atoms with Crippen molar-refractivity contribution >= 4 is 34.2 Å². The van der Waals surface area contributed by atoms with Crippen LogP contribution in [0.5, 0.6) is 0 Å². The topological polar surface area (TPSA) is 92.5 Å². The van der Waals surface area contributed by atoms with Crippen molar-refractivity contribution in [3.63, 3.8) is 0 Å². The van der Waals surface area contributed by atoms with Crippen LogP contribution in [0.25, 0.3) is 11.0 Å². The molecule has 152 valence electrons. The van der Waals surface area contributed by atoms with Gasteiger partial charge >= 0.3 is 5.63 Å². The van der Waals surface area contributed by atoms with Gasteiger partial charge in [0.05, 0.1) is 5.56 Å². The summed E-state index contributed by atoms with van der Waals surface area (Å²) < 4.78 is 5.25. The van der Waals surface area contributed by atoms with Gasteiger partial charge in [0.25, 0.3) is 11.8 Å². The standard InChI is InChI=1S/C24H17N3O4/c28-22(19-12-16-4-1-2-6-21(16)31-24(19)30)26-18-8-7-15-9-11-27(20(15)13-18)23(29)17-5-3-10-25-14-17/h1-8,10,12-14H,9,11H2,(H,26,28). The van der Waals surface area contributed by atoms with Crippen LogP contribution in [0.3, 0.4) is 0 Å². The van der Waals surface area contributed by atoms with Gasteiger partial charge in [-0.25, -0.2) is 4.79 Å². The van der Waals surface area contributed by atoms with Crippen molar-refractivity contribution in [3.8, 4) is 0 Å². The van der Waals surface area contributed by atoms with E-state index in [0.717, 1.165) is 17.7 Å². The van der Waals surface area contributed by atoms with E-state index in [4.69, 9.17) is 4.42 Å². The van der Waals surface area contributed by atoms with Crippen LogP contribution in [0.15, 0.2) is 82.3 Å². The molecule has 1 aliphatic rings. The van der Waals surface area contributed by atoms with Crippen molar-refractivity contribution in [1.82, 2.24) is 4.98 Å². The summed E-state index contributed by atoms with van der Waals surface area (Å²) in [6.45, 7) is 0.550. The van der Waals surface area contributed by atoms with E-state index in [0.29, 0.717) is 28.8 Å². The molecule has 0 radical (unpaired) electrons. The van der Waals surface area contributed by atoms with Gasteiger partial charge in [-0.05, 0) is 48.4 Å². The second-order valence-electron chi connectivity index (χ2n) is 7.23. The minimum Gasteiger partial charge on any atom is -0.422 e. The molecule has 0 saturated carbocycles. The van der Waals surface area contributed by atoms with Crippen LogP contribution in [-0.4, -0.2) is 23.3 Å². The fourth-order valence-corrected chi connectivity index (χ4v) is 3.73. The maximum absolute atomic E-state index is 12.9. The lowest BCUT2D eigenvalue weighted by Gasteiger charge is -2.18. The molecule has 0 fully saturated rings. The maximum Gasteiger partial charge on any atom is 0.349 e. The molecule has 0 bridgehead atoms. The van der Waals surface area contributed by atoms with E-state index >= 15 is 0 Å². The van der Waals surface area contributed by atoms with E-state index in [-0.39, 0.29) is 11.5 Å². The van der Waals surface area contributed by atoms with E-state index < -0.39 is 11.5 Å². The summed E-state index contributed by atoms with van der Waals surface area (Å²) in [5, 5.41) is 3.40. The molecule has 1 aliphatic heterocycles. The lowest BCUT2D eigenvalue weighted by Crippen LogP contribution is -2.29. The lowest BCUT2D eigenvalue weighted by molar-refractivity contribution is 0.0987. The zero-order valence-corrected chi connectivity index (χ0v) is 16.4.